The van der Waals surface area contributed by atoms with Crippen molar-refractivity contribution in [2.75, 3.05) is 32.6 Å². The Morgan fingerprint density at radius 3 is 2.88 bits per heavy atom. The lowest BCUT2D eigenvalue weighted by atomic mass is 10.5. The predicted octanol–water partition coefficient (Wildman–Crippen LogP) is 0.438. The highest BCUT2D eigenvalue weighted by molar-refractivity contribution is 7.89. The minimum atomic E-state index is -3.46. The van der Waals surface area contributed by atoms with Gasteiger partial charge in [0.25, 0.3) is 0 Å². The van der Waals surface area contributed by atoms with Crippen LogP contribution in [0.1, 0.15) is 6.42 Å². The SMILES string of the molecule is CNc1cc(S(=O)(=O)NCCCOC)ccn1. The van der Waals surface area contributed by atoms with Gasteiger partial charge >= 0.3 is 0 Å². The molecule has 0 saturated heterocycles. The van der Waals surface area contributed by atoms with Crippen LogP contribution in [0.15, 0.2) is 23.2 Å². The fourth-order valence-electron chi connectivity index (χ4n) is 1.22. The molecule has 1 heterocycles. The molecule has 0 atom stereocenters. The van der Waals surface area contributed by atoms with Gasteiger partial charge in [-0.25, -0.2) is 18.1 Å². The van der Waals surface area contributed by atoms with Crippen molar-refractivity contribution in [3.8, 4) is 0 Å². The molecule has 0 aromatic carbocycles. The molecule has 1 aromatic heterocycles. The topological polar surface area (TPSA) is 80.3 Å². The van der Waals surface area contributed by atoms with Crippen molar-refractivity contribution < 1.29 is 13.2 Å². The summed E-state index contributed by atoms with van der Waals surface area (Å²) in [6.07, 6.45) is 2.09. The van der Waals surface area contributed by atoms with E-state index in [0.717, 1.165) is 0 Å². The number of anilines is 1. The minimum Gasteiger partial charge on any atom is -0.385 e. The lowest BCUT2D eigenvalue weighted by Crippen LogP contribution is -2.25. The van der Waals surface area contributed by atoms with E-state index in [1.54, 1.807) is 14.2 Å². The Bertz CT molecular complexity index is 448. The van der Waals surface area contributed by atoms with Crippen molar-refractivity contribution in [1.82, 2.24) is 9.71 Å². The Balaban J connectivity index is 2.68. The molecule has 17 heavy (non-hydrogen) atoms. The number of sulfonamides is 1. The van der Waals surface area contributed by atoms with Gasteiger partial charge in [-0.15, -0.1) is 0 Å². The van der Waals surface area contributed by atoms with E-state index in [4.69, 9.17) is 4.74 Å². The number of methoxy groups -OCH3 is 1. The average molecular weight is 259 g/mol. The van der Waals surface area contributed by atoms with Crippen molar-refractivity contribution in [2.45, 2.75) is 11.3 Å². The van der Waals surface area contributed by atoms with Crippen molar-refractivity contribution >= 4 is 15.8 Å². The van der Waals surface area contributed by atoms with Crippen molar-refractivity contribution in [3.05, 3.63) is 18.3 Å². The summed E-state index contributed by atoms with van der Waals surface area (Å²) in [6.45, 7) is 0.883. The smallest absolute Gasteiger partial charge is 0.240 e. The molecule has 0 fully saturated rings. The monoisotopic (exact) mass is 259 g/mol. The second kappa shape index (κ2) is 6.53. The first kappa shape index (κ1) is 13.9. The molecule has 0 amide bonds. The van der Waals surface area contributed by atoms with E-state index < -0.39 is 10.0 Å². The summed E-state index contributed by atoms with van der Waals surface area (Å²) in [4.78, 5) is 4.16. The third-order valence-corrected chi connectivity index (χ3v) is 3.57. The molecular formula is C10H17N3O3S. The summed E-state index contributed by atoms with van der Waals surface area (Å²) in [7, 11) is -0.194. The maximum absolute atomic E-state index is 11.9. The highest BCUT2D eigenvalue weighted by atomic mass is 32.2. The van der Waals surface area contributed by atoms with Crippen LogP contribution in [0.5, 0.6) is 0 Å². The Labute approximate surface area is 101 Å². The molecule has 0 aliphatic rings. The number of nitrogens with one attached hydrogen (secondary N) is 2. The Morgan fingerprint density at radius 2 is 2.24 bits per heavy atom. The molecule has 6 nitrogen and oxygen atoms in total. The normalized spacial score (nSPS) is 11.4. The predicted molar refractivity (Wildman–Crippen MR) is 65.5 cm³/mol. The first-order valence-electron chi connectivity index (χ1n) is 5.22. The number of rotatable bonds is 7. The van der Waals surface area contributed by atoms with E-state index in [1.807, 2.05) is 0 Å². The van der Waals surface area contributed by atoms with Crippen LogP contribution in [0.4, 0.5) is 5.82 Å². The minimum absolute atomic E-state index is 0.203. The third-order valence-electron chi connectivity index (χ3n) is 2.12. The maximum atomic E-state index is 11.9. The molecule has 0 aliphatic carbocycles. The molecule has 2 N–H and O–H groups in total. The highest BCUT2D eigenvalue weighted by Crippen LogP contribution is 2.11. The van der Waals surface area contributed by atoms with E-state index in [-0.39, 0.29) is 4.90 Å². The largest absolute Gasteiger partial charge is 0.385 e. The first-order valence-corrected chi connectivity index (χ1v) is 6.71. The second-order valence-corrected chi connectivity index (χ2v) is 5.14. The van der Waals surface area contributed by atoms with E-state index in [1.165, 1.54) is 18.3 Å². The van der Waals surface area contributed by atoms with Gasteiger partial charge in [0.05, 0.1) is 4.90 Å². The first-order chi connectivity index (χ1) is 8.10. The average Bonchev–Trinajstić information content (AvgIpc) is 2.35. The second-order valence-electron chi connectivity index (χ2n) is 3.37. The molecular weight excluding hydrogens is 242 g/mol. The summed E-state index contributed by atoms with van der Waals surface area (Å²) in [5.41, 5.74) is 0. The van der Waals surface area contributed by atoms with Crippen LogP contribution in [0.25, 0.3) is 0 Å². The van der Waals surface area contributed by atoms with Gasteiger partial charge in [0.15, 0.2) is 0 Å². The summed E-state index contributed by atoms with van der Waals surface area (Å²) in [6, 6.07) is 2.94. The number of nitrogens with zero attached hydrogens (tertiary/aromatic N) is 1. The molecule has 0 bridgehead atoms. The number of pyridine rings is 1. The molecule has 7 heteroatoms. The summed E-state index contributed by atoms with van der Waals surface area (Å²) >= 11 is 0. The van der Waals surface area contributed by atoms with E-state index in [2.05, 4.69) is 15.0 Å². The van der Waals surface area contributed by atoms with Gasteiger partial charge in [-0.05, 0) is 12.5 Å². The molecule has 0 saturated carbocycles. The van der Waals surface area contributed by atoms with E-state index in [9.17, 15) is 8.42 Å². The standard InChI is InChI=1S/C10H17N3O3S/c1-11-10-8-9(4-6-12-10)17(14,15)13-5-3-7-16-2/h4,6,8,13H,3,5,7H2,1-2H3,(H,11,12). The Morgan fingerprint density at radius 1 is 1.47 bits per heavy atom. The molecule has 1 aromatic rings. The summed E-state index contributed by atoms with van der Waals surface area (Å²) in [5, 5.41) is 2.79. The van der Waals surface area contributed by atoms with Crippen molar-refractivity contribution in [3.63, 3.8) is 0 Å². The van der Waals surface area contributed by atoms with Gasteiger partial charge in [-0.2, -0.15) is 0 Å². The molecule has 0 radical (unpaired) electrons. The van der Waals surface area contributed by atoms with Crippen LogP contribution in [0.2, 0.25) is 0 Å². The van der Waals surface area contributed by atoms with Gasteiger partial charge in [0.1, 0.15) is 5.82 Å². The van der Waals surface area contributed by atoms with Crippen LogP contribution in [-0.4, -0.2) is 40.7 Å². The van der Waals surface area contributed by atoms with Crippen LogP contribution >= 0.6 is 0 Å². The quantitative estimate of drug-likeness (QED) is 0.694. The lowest BCUT2D eigenvalue weighted by Gasteiger charge is -2.07. The Kier molecular flexibility index (Phi) is 5.33. The van der Waals surface area contributed by atoms with Crippen LogP contribution in [-0.2, 0) is 14.8 Å². The molecule has 0 unspecified atom stereocenters. The van der Waals surface area contributed by atoms with Crippen molar-refractivity contribution in [1.29, 1.82) is 0 Å². The van der Waals surface area contributed by atoms with Crippen LogP contribution < -0.4 is 10.0 Å². The van der Waals surface area contributed by atoms with E-state index in [0.29, 0.717) is 25.4 Å². The third kappa shape index (κ3) is 4.29. The van der Waals surface area contributed by atoms with Gasteiger partial charge < -0.3 is 10.1 Å². The molecule has 0 spiro atoms. The molecule has 0 aliphatic heterocycles. The number of hydrogen-bond donors (Lipinski definition) is 2. The number of aromatic nitrogens is 1. The highest BCUT2D eigenvalue weighted by Gasteiger charge is 2.13. The van der Waals surface area contributed by atoms with Gasteiger partial charge in [0.2, 0.25) is 10.0 Å². The van der Waals surface area contributed by atoms with E-state index >= 15 is 0 Å². The van der Waals surface area contributed by atoms with Crippen LogP contribution in [0.3, 0.4) is 0 Å². The summed E-state index contributed by atoms with van der Waals surface area (Å²) < 4.78 is 31.1. The van der Waals surface area contributed by atoms with Crippen molar-refractivity contribution in [2.24, 2.45) is 0 Å². The summed E-state index contributed by atoms with van der Waals surface area (Å²) in [5.74, 6) is 0.518. The molecule has 1 rings (SSSR count). The fraction of sp³-hybridized carbons (Fsp3) is 0.500. The number of ether oxygens (including phenoxy) is 1. The zero-order chi connectivity index (χ0) is 12.7. The van der Waals surface area contributed by atoms with Gasteiger partial charge in [-0.1, -0.05) is 0 Å². The maximum Gasteiger partial charge on any atom is 0.240 e. The lowest BCUT2D eigenvalue weighted by molar-refractivity contribution is 0.196. The number of hydrogen-bond acceptors (Lipinski definition) is 5. The zero-order valence-electron chi connectivity index (χ0n) is 9.93. The fourth-order valence-corrected chi connectivity index (χ4v) is 2.31. The zero-order valence-corrected chi connectivity index (χ0v) is 10.8. The van der Waals surface area contributed by atoms with Crippen LogP contribution in [0, 0.1) is 0 Å². The van der Waals surface area contributed by atoms with Gasteiger partial charge in [0, 0.05) is 39.6 Å². The molecule has 96 valence electrons. The van der Waals surface area contributed by atoms with Gasteiger partial charge in [-0.3, -0.25) is 0 Å². The Hall–Kier alpha value is -1.18.